The predicted octanol–water partition coefficient (Wildman–Crippen LogP) is 3.31. The minimum Gasteiger partial charge on any atom is -0.366 e. The van der Waals surface area contributed by atoms with Crippen molar-refractivity contribution in [1.82, 2.24) is 4.98 Å². The first-order valence-corrected chi connectivity index (χ1v) is 6.42. The van der Waals surface area contributed by atoms with Crippen molar-refractivity contribution in [2.75, 3.05) is 0 Å². The first-order valence-electron chi connectivity index (χ1n) is 6.42. The molecule has 2 N–H and O–H groups in total. The summed E-state index contributed by atoms with van der Waals surface area (Å²) in [5.41, 5.74) is 9.47. The van der Waals surface area contributed by atoms with E-state index in [0.29, 0.717) is 5.56 Å². The molecule has 0 saturated heterocycles. The SMILES string of the molecule is Cc1ccc(C(N)=O)c(-c2ccc3ccccc3n2)c1. The maximum absolute atomic E-state index is 11.6. The molecule has 3 heteroatoms. The lowest BCUT2D eigenvalue weighted by Crippen LogP contribution is -2.12. The average Bonchev–Trinajstić information content (AvgIpc) is 2.46. The normalized spacial score (nSPS) is 10.7. The van der Waals surface area contributed by atoms with Crippen LogP contribution in [0.15, 0.2) is 54.6 Å². The maximum Gasteiger partial charge on any atom is 0.249 e. The number of aromatic nitrogens is 1. The van der Waals surface area contributed by atoms with Crippen LogP contribution in [-0.4, -0.2) is 10.9 Å². The fraction of sp³-hybridized carbons (Fsp3) is 0.0588. The summed E-state index contributed by atoms with van der Waals surface area (Å²) in [5.74, 6) is -0.435. The zero-order valence-corrected chi connectivity index (χ0v) is 11.1. The Morgan fingerprint density at radius 2 is 1.85 bits per heavy atom. The molecule has 0 spiro atoms. The molecule has 0 radical (unpaired) electrons. The van der Waals surface area contributed by atoms with Gasteiger partial charge >= 0.3 is 0 Å². The fourth-order valence-electron chi connectivity index (χ4n) is 2.30. The quantitative estimate of drug-likeness (QED) is 0.770. The highest BCUT2D eigenvalue weighted by atomic mass is 16.1. The van der Waals surface area contributed by atoms with Crippen molar-refractivity contribution in [2.24, 2.45) is 5.73 Å². The third-order valence-electron chi connectivity index (χ3n) is 3.31. The molecule has 0 aliphatic rings. The second kappa shape index (κ2) is 4.78. The fourth-order valence-corrected chi connectivity index (χ4v) is 2.30. The van der Waals surface area contributed by atoms with E-state index in [1.54, 1.807) is 6.07 Å². The Morgan fingerprint density at radius 1 is 1.05 bits per heavy atom. The van der Waals surface area contributed by atoms with E-state index < -0.39 is 5.91 Å². The number of hydrogen-bond donors (Lipinski definition) is 1. The molecule has 0 aliphatic heterocycles. The van der Waals surface area contributed by atoms with Crippen molar-refractivity contribution in [3.8, 4) is 11.3 Å². The molecule has 0 aliphatic carbocycles. The number of amides is 1. The lowest BCUT2D eigenvalue weighted by Gasteiger charge is -2.08. The van der Waals surface area contributed by atoms with E-state index in [0.717, 1.165) is 27.7 Å². The minimum atomic E-state index is -0.435. The molecule has 0 unspecified atom stereocenters. The monoisotopic (exact) mass is 262 g/mol. The van der Waals surface area contributed by atoms with E-state index in [-0.39, 0.29) is 0 Å². The topological polar surface area (TPSA) is 56.0 Å². The van der Waals surface area contributed by atoms with Gasteiger partial charge in [0.05, 0.1) is 11.2 Å². The number of primary amides is 1. The molecule has 3 rings (SSSR count). The van der Waals surface area contributed by atoms with Crippen LogP contribution in [0.4, 0.5) is 0 Å². The van der Waals surface area contributed by atoms with E-state index in [4.69, 9.17) is 5.73 Å². The molecule has 0 fully saturated rings. The van der Waals surface area contributed by atoms with Crippen LogP contribution in [0, 0.1) is 6.92 Å². The van der Waals surface area contributed by atoms with Crippen molar-refractivity contribution in [2.45, 2.75) is 6.92 Å². The van der Waals surface area contributed by atoms with Gasteiger partial charge in [-0.15, -0.1) is 0 Å². The lowest BCUT2D eigenvalue weighted by atomic mass is 10.00. The van der Waals surface area contributed by atoms with Crippen molar-refractivity contribution in [3.05, 3.63) is 65.7 Å². The molecular formula is C17H14N2O. The van der Waals surface area contributed by atoms with E-state index in [1.807, 2.05) is 55.5 Å². The van der Waals surface area contributed by atoms with Crippen LogP contribution in [0.5, 0.6) is 0 Å². The van der Waals surface area contributed by atoms with Gasteiger partial charge in [0.25, 0.3) is 0 Å². The molecule has 1 heterocycles. The van der Waals surface area contributed by atoms with Gasteiger partial charge in [0.2, 0.25) is 5.91 Å². The molecule has 3 aromatic rings. The van der Waals surface area contributed by atoms with Gasteiger partial charge in [-0.1, -0.05) is 35.9 Å². The number of nitrogens with zero attached hydrogens (tertiary/aromatic N) is 1. The summed E-state index contributed by atoms with van der Waals surface area (Å²) in [7, 11) is 0. The van der Waals surface area contributed by atoms with Crippen LogP contribution in [0.25, 0.3) is 22.2 Å². The predicted molar refractivity (Wildman–Crippen MR) is 80.4 cm³/mol. The lowest BCUT2D eigenvalue weighted by molar-refractivity contribution is 0.100. The molecule has 0 atom stereocenters. The molecule has 0 saturated carbocycles. The molecule has 98 valence electrons. The zero-order chi connectivity index (χ0) is 14.1. The molecule has 1 amide bonds. The van der Waals surface area contributed by atoms with Crippen LogP contribution in [0.1, 0.15) is 15.9 Å². The summed E-state index contributed by atoms with van der Waals surface area (Å²) in [6, 6.07) is 17.4. The number of nitrogens with two attached hydrogens (primary N) is 1. The number of benzene rings is 2. The molecule has 2 aromatic carbocycles. The van der Waals surface area contributed by atoms with Gasteiger partial charge in [0.15, 0.2) is 0 Å². The maximum atomic E-state index is 11.6. The standard InChI is InChI=1S/C17H14N2O/c1-11-6-8-13(17(18)20)14(10-11)16-9-7-12-4-2-3-5-15(12)19-16/h2-10H,1H3,(H2,18,20). The summed E-state index contributed by atoms with van der Waals surface area (Å²) >= 11 is 0. The third kappa shape index (κ3) is 2.14. The summed E-state index contributed by atoms with van der Waals surface area (Å²) in [6.45, 7) is 1.98. The van der Waals surface area contributed by atoms with Crippen molar-refractivity contribution >= 4 is 16.8 Å². The van der Waals surface area contributed by atoms with Gasteiger partial charge in [-0.05, 0) is 31.2 Å². The highest BCUT2D eigenvalue weighted by Crippen LogP contribution is 2.25. The number of carbonyl (C=O) groups is 1. The van der Waals surface area contributed by atoms with Gasteiger partial charge in [0, 0.05) is 16.5 Å². The number of hydrogen-bond acceptors (Lipinski definition) is 2. The summed E-state index contributed by atoms with van der Waals surface area (Å²) in [4.78, 5) is 16.2. The molecule has 3 nitrogen and oxygen atoms in total. The largest absolute Gasteiger partial charge is 0.366 e. The smallest absolute Gasteiger partial charge is 0.249 e. The van der Waals surface area contributed by atoms with Gasteiger partial charge in [0.1, 0.15) is 0 Å². The Labute approximate surface area is 117 Å². The minimum absolute atomic E-state index is 0.435. The van der Waals surface area contributed by atoms with E-state index in [1.165, 1.54) is 0 Å². The number of fused-ring (bicyclic) bond motifs is 1. The van der Waals surface area contributed by atoms with Crippen molar-refractivity contribution < 1.29 is 4.79 Å². The van der Waals surface area contributed by atoms with Gasteiger partial charge in [-0.2, -0.15) is 0 Å². The van der Waals surface area contributed by atoms with Gasteiger partial charge < -0.3 is 5.73 Å². The Morgan fingerprint density at radius 3 is 2.65 bits per heavy atom. The molecular weight excluding hydrogens is 248 g/mol. The van der Waals surface area contributed by atoms with Crippen LogP contribution in [0.3, 0.4) is 0 Å². The Balaban J connectivity index is 2.24. The van der Waals surface area contributed by atoms with Gasteiger partial charge in [-0.3, -0.25) is 4.79 Å². The van der Waals surface area contributed by atoms with Crippen molar-refractivity contribution in [1.29, 1.82) is 0 Å². The first-order chi connectivity index (χ1) is 9.65. The van der Waals surface area contributed by atoms with Crippen molar-refractivity contribution in [3.63, 3.8) is 0 Å². The molecule has 0 bridgehead atoms. The Bertz CT molecular complexity index is 809. The van der Waals surface area contributed by atoms with Crippen LogP contribution < -0.4 is 5.73 Å². The summed E-state index contributed by atoms with van der Waals surface area (Å²) in [6.07, 6.45) is 0. The first kappa shape index (κ1) is 12.4. The van der Waals surface area contributed by atoms with Crippen LogP contribution in [0.2, 0.25) is 0 Å². The third-order valence-corrected chi connectivity index (χ3v) is 3.31. The molecule has 20 heavy (non-hydrogen) atoms. The van der Waals surface area contributed by atoms with E-state index >= 15 is 0 Å². The number of aryl methyl sites for hydroxylation is 1. The average molecular weight is 262 g/mol. The zero-order valence-electron chi connectivity index (χ0n) is 11.1. The molecule has 1 aromatic heterocycles. The van der Waals surface area contributed by atoms with Gasteiger partial charge in [-0.25, -0.2) is 4.98 Å². The van der Waals surface area contributed by atoms with Crippen LogP contribution >= 0.6 is 0 Å². The van der Waals surface area contributed by atoms with E-state index in [2.05, 4.69) is 4.98 Å². The number of rotatable bonds is 2. The summed E-state index contributed by atoms with van der Waals surface area (Å²) in [5, 5.41) is 1.07. The highest BCUT2D eigenvalue weighted by molar-refractivity contribution is 6.00. The van der Waals surface area contributed by atoms with E-state index in [9.17, 15) is 4.79 Å². The number of para-hydroxylation sites is 1. The number of carbonyl (C=O) groups excluding carboxylic acids is 1. The highest BCUT2D eigenvalue weighted by Gasteiger charge is 2.11. The van der Waals surface area contributed by atoms with Crippen LogP contribution in [-0.2, 0) is 0 Å². The Hall–Kier alpha value is -2.68. The summed E-state index contributed by atoms with van der Waals surface area (Å²) < 4.78 is 0. The Kier molecular flexibility index (Phi) is 2.95. The second-order valence-corrected chi connectivity index (χ2v) is 4.80. The second-order valence-electron chi connectivity index (χ2n) is 4.80. The number of pyridine rings is 1.